The number of nitrogens with one attached hydrogen (secondary N) is 1. The Morgan fingerprint density at radius 1 is 1.21 bits per heavy atom. The minimum Gasteiger partial charge on any atom is -0.351 e. The van der Waals surface area contributed by atoms with Crippen LogP contribution >= 0.6 is 23.1 Å². The minimum absolute atomic E-state index is 0.0381. The second kappa shape index (κ2) is 8.15. The molecular formula is C19H19N5O2S2. The Hall–Kier alpha value is -2.65. The summed E-state index contributed by atoms with van der Waals surface area (Å²) in [6.07, 6.45) is 0.823. The molecule has 0 unspecified atom stereocenters. The Morgan fingerprint density at radius 3 is 2.82 bits per heavy atom. The summed E-state index contributed by atoms with van der Waals surface area (Å²) < 4.78 is 4.21. The zero-order valence-electron chi connectivity index (χ0n) is 15.3. The first kappa shape index (κ1) is 18.7. The van der Waals surface area contributed by atoms with Crippen molar-refractivity contribution in [2.45, 2.75) is 31.6 Å². The highest BCUT2D eigenvalue weighted by Crippen LogP contribution is 2.24. The summed E-state index contributed by atoms with van der Waals surface area (Å²) in [4.78, 5) is 25.0. The van der Waals surface area contributed by atoms with Gasteiger partial charge in [0.2, 0.25) is 11.7 Å². The van der Waals surface area contributed by atoms with Crippen molar-refractivity contribution >= 4 is 45.0 Å². The van der Waals surface area contributed by atoms with Crippen molar-refractivity contribution in [1.29, 1.82) is 0 Å². The van der Waals surface area contributed by atoms with Crippen LogP contribution in [0.1, 0.15) is 18.9 Å². The normalized spacial score (nSPS) is 11.3. The number of thioether (sulfide) groups is 1. The molecule has 1 N–H and O–H groups in total. The minimum atomic E-state index is -0.0750. The van der Waals surface area contributed by atoms with Crippen LogP contribution in [0, 0.1) is 0 Å². The van der Waals surface area contributed by atoms with E-state index in [2.05, 4.69) is 15.5 Å². The summed E-state index contributed by atoms with van der Waals surface area (Å²) in [5.41, 5.74) is 1.80. The highest BCUT2D eigenvalue weighted by atomic mass is 32.2. The molecule has 0 bridgehead atoms. The molecule has 0 aliphatic heterocycles. The molecule has 4 aromatic rings. The number of amides is 1. The van der Waals surface area contributed by atoms with E-state index in [0.717, 1.165) is 17.5 Å². The second-order valence-electron chi connectivity index (χ2n) is 6.26. The van der Waals surface area contributed by atoms with Crippen LogP contribution in [0.3, 0.4) is 0 Å². The maximum absolute atomic E-state index is 12.7. The molecular weight excluding hydrogens is 394 g/mol. The predicted molar refractivity (Wildman–Crippen MR) is 112 cm³/mol. The highest BCUT2D eigenvalue weighted by Gasteiger charge is 2.18. The SMILES string of the molecule is CCCn1c(=O)c2sccc2n2c(SCC(=O)NCc3ccccc3)nnc12. The van der Waals surface area contributed by atoms with E-state index in [4.69, 9.17) is 0 Å². The Balaban J connectivity index is 1.56. The summed E-state index contributed by atoms with van der Waals surface area (Å²) in [5, 5.41) is 13.9. The second-order valence-corrected chi connectivity index (χ2v) is 8.12. The number of hydrogen-bond acceptors (Lipinski definition) is 6. The first-order chi connectivity index (χ1) is 13.7. The predicted octanol–water partition coefficient (Wildman–Crippen LogP) is 2.92. The lowest BCUT2D eigenvalue weighted by Gasteiger charge is -2.08. The standard InChI is InChI=1S/C19H19N5O2S2/c1-2-9-23-17(26)16-14(8-10-27-16)24-18(23)21-22-19(24)28-12-15(25)20-11-13-6-4-3-5-7-13/h3-8,10H,2,9,11-12H2,1H3,(H,20,25). The lowest BCUT2D eigenvalue weighted by Crippen LogP contribution is -2.24. The van der Waals surface area contributed by atoms with Gasteiger partial charge < -0.3 is 5.32 Å². The van der Waals surface area contributed by atoms with Crippen molar-refractivity contribution in [1.82, 2.24) is 24.5 Å². The topological polar surface area (TPSA) is 81.3 Å². The number of nitrogens with zero attached hydrogens (tertiary/aromatic N) is 4. The molecule has 0 fully saturated rings. The van der Waals surface area contributed by atoms with Crippen LogP contribution in [0.5, 0.6) is 0 Å². The molecule has 28 heavy (non-hydrogen) atoms. The molecule has 0 radical (unpaired) electrons. The van der Waals surface area contributed by atoms with Crippen LogP contribution in [0.25, 0.3) is 16.0 Å². The van der Waals surface area contributed by atoms with Crippen LogP contribution < -0.4 is 10.9 Å². The Bertz CT molecular complexity index is 1180. The zero-order chi connectivity index (χ0) is 19.5. The Kier molecular flexibility index (Phi) is 5.45. The molecule has 0 aliphatic rings. The monoisotopic (exact) mass is 413 g/mol. The maximum atomic E-state index is 12.7. The van der Waals surface area contributed by atoms with E-state index in [-0.39, 0.29) is 17.2 Å². The van der Waals surface area contributed by atoms with Gasteiger partial charge in [0.1, 0.15) is 4.70 Å². The number of hydrogen-bond donors (Lipinski definition) is 1. The number of rotatable bonds is 7. The zero-order valence-corrected chi connectivity index (χ0v) is 16.9. The third-order valence-electron chi connectivity index (χ3n) is 4.29. The molecule has 0 spiro atoms. The van der Waals surface area contributed by atoms with Gasteiger partial charge in [-0.25, -0.2) is 0 Å². The quantitative estimate of drug-likeness (QED) is 0.471. The van der Waals surface area contributed by atoms with Gasteiger partial charge in [-0.15, -0.1) is 21.5 Å². The van der Waals surface area contributed by atoms with Gasteiger partial charge in [0.15, 0.2) is 5.16 Å². The molecule has 3 heterocycles. The fourth-order valence-corrected chi connectivity index (χ4v) is 4.59. The largest absolute Gasteiger partial charge is 0.351 e. The average molecular weight is 414 g/mol. The van der Waals surface area contributed by atoms with E-state index in [1.165, 1.54) is 23.1 Å². The van der Waals surface area contributed by atoms with E-state index >= 15 is 0 Å². The molecule has 0 saturated carbocycles. The summed E-state index contributed by atoms with van der Waals surface area (Å²) in [7, 11) is 0. The van der Waals surface area contributed by atoms with E-state index < -0.39 is 0 Å². The van der Waals surface area contributed by atoms with Crippen molar-refractivity contribution in [2.24, 2.45) is 0 Å². The lowest BCUT2D eigenvalue weighted by molar-refractivity contribution is -0.118. The van der Waals surface area contributed by atoms with Crippen molar-refractivity contribution in [2.75, 3.05) is 5.75 Å². The van der Waals surface area contributed by atoms with E-state index in [1.807, 2.05) is 53.1 Å². The van der Waals surface area contributed by atoms with Crippen molar-refractivity contribution < 1.29 is 4.79 Å². The fourth-order valence-electron chi connectivity index (χ4n) is 3.00. The number of fused-ring (bicyclic) bond motifs is 3. The number of benzene rings is 1. The molecule has 3 aromatic heterocycles. The van der Waals surface area contributed by atoms with Crippen LogP contribution in [-0.4, -0.2) is 30.8 Å². The Labute approximate surface area is 169 Å². The summed E-state index contributed by atoms with van der Waals surface area (Å²) in [6.45, 7) is 3.09. The number of carbonyl (C=O) groups excluding carboxylic acids is 1. The van der Waals surface area contributed by atoms with Crippen molar-refractivity contribution in [3.63, 3.8) is 0 Å². The van der Waals surface area contributed by atoms with E-state index in [1.54, 1.807) is 4.57 Å². The summed E-state index contributed by atoms with van der Waals surface area (Å²) in [6, 6.07) is 11.7. The van der Waals surface area contributed by atoms with E-state index in [0.29, 0.717) is 28.7 Å². The molecule has 0 saturated heterocycles. The van der Waals surface area contributed by atoms with Crippen molar-refractivity contribution in [3.8, 4) is 0 Å². The molecule has 0 atom stereocenters. The molecule has 7 nitrogen and oxygen atoms in total. The highest BCUT2D eigenvalue weighted by molar-refractivity contribution is 7.99. The third kappa shape index (κ3) is 3.55. The maximum Gasteiger partial charge on any atom is 0.272 e. The number of carbonyl (C=O) groups is 1. The smallest absolute Gasteiger partial charge is 0.272 e. The van der Waals surface area contributed by atoms with Gasteiger partial charge in [-0.1, -0.05) is 49.0 Å². The summed E-state index contributed by atoms with van der Waals surface area (Å²) in [5.74, 6) is 0.672. The summed E-state index contributed by atoms with van der Waals surface area (Å²) >= 11 is 2.73. The van der Waals surface area contributed by atoms with Crippen LogP contribution in [0.15, 0.2) is 51.7 Å². The molecule has 1 amide bonds. The van der Waals surface area contributed by atoms with Crippen LogP contribution in [0.2, 0.25) is 0 Å². The number of aryl methyl sites for hydroxylation is 1. The molecule has 4 rings (SSSR count). The third-order valence-corrected chi connectivity index (χ3v) is 6.12. The van der Waals surface area contributed by atoms with E-state index in [9.17, 15) is 9.59 Å². The van der Waals surface area contributed by atoms with Gasteiger partial charge in [-0.3, -0.25) is 18.6 Å². The molecule has 9 heteroatoms. The van der Waals surface area contributed by atoms with Gasteiger partial charge in [-0.2, -0.15) is 0 Å². The van der Waals surface area contributed by atoms with Gasteiger partial charge in [-0.05, 0) is 23.4 Å². The number of aromatic nitrogens is 4. The lowest BCUT2D eigenvalue weighted by atomic mass is 10.2. The molecule has 0 aliphatic carbocycles. The van der Waals surface area contributed by atoms with Gasteiger partial charge >= 0.3 is 0 Å². The Morgan fingerprint density at radius 2 is 2.04 bits per heavy atom. The average Bonchev–Trinajstić information content (AvgIpc) is 3.35. The van der Waals surface area contributed by atoms with Gasteiger partial charge in [0.25, 0.3) is 5.56 Å². The fraction of sp³-hybridized carbons (Fsp3) is 0.263. The molecule has 144 valence electrons. The number of thiophene rings is 1. The van der Waals surface area contributed by atoms with Gasteiger partial charge in [0, 0.05) is 13.1 Å². The molecule has 1 aromatic carbocycles. The first-order valence-electron chi connectivity index (χ1n) is 8.97. The van der Waals surface area contributed by atoms with Gasteiger partial charge in [0.05, 0.1) is 11.3 Å². The van der Waals surface area contributed by atoms with Crippen LogP contribution in [-0.2, 0) is 17.9 Å². The van der Waals surface area contributed by atoms with Crippen molar-refractivity contribution in [3.05, 3.63) is 57.7 Å². The van der Waals surface area contributed by atoms with Crippen LogP contribution in [0.4, 0.5) is 0 Å². The first-order valence-corrected chi connectivity index (χ1v) is 10.8.